The lowest BCUT2D eigenvalue weighted by Crippen LogP contribution is -2.23. The highest BCUT2D eigenvalue weighted by Crippen LogP contribution is 2.26. The molecule has 0 aliphatic heterocycles. The molecule has 1 rings (SSSR count). The fourth-order valence-corrected chi connectivity index (χ4v) is 1.84. The van der Waals surface area contributed by atoms with E-state index in [9.17, 15) is 5.11 Å². The molecule has 0 spiro atoms. The molecule has 0 fully saturated rings. The minimum Gasteiger partial charge on any atom is -0.392 e. The summed E-state index contributed by atoms with van der Waals surface area (Å²) in [5.74, 6) is 0.594. The number of hydrogen-bond donors (Lipinski definition) is 1. The summed E-state index contributed by atoms with van der Waals surface area (Å²) in [6, 6.07) is 10.3. The molecule has 0 aromatic heterocycles. The van der Waals surface area contributed by atoms with E-state index in [4.69, 9.17) is 0 Å². The normalized spacial score (nSPS) is 15.5. The van der Waals surface area contributed by atoms with Gasteiger partial charge in [0.15, 0.2) is 0 Å². The Labute approximate surface area is 86.8 Å². The third-order valence-electron chi connectivity index (χ3n) is 2.76. The van der Waals surface area contributed by atoms with Crippen LogP contribution in [0.2, 0.25) is 0 Å². The largest absolute Gasteiger partial charge is 0.392 e. The Bertz CT molecular complexity index is 253. The van der Waals surface area contributed by atoms with Crippen LogP contribution in [-0.2, 0) is 0 Å². The van der Waals surface area contributed by atoms with Gasteiger partial charge in [-0.15, -0.1) is 0 Å². The zero-order valence-electron chi connectivity index (χ0n) is 9.27. The van der Waals surface area contributed by atoms with Crippen LogP contribution in [0, 0.1) is 5.92 Å². The highest BCUT2D eigenvalue weighted by molar-refractivity contribution is 5.20. The second kappa shape index (κ2) is 5.16. The molecule has 2 atom stereocenters. The van der Waals surface area contributed by atoms with E-state index in [2.05, 4.69) is 32.9 Å². The molecule has 0 radical (unpaired) electrons. The fourth-order valence-electron chi connectivity index (χ4n) is 1.84. The fraction of sp³-hybridized carbons (Fsp3) is 0.538. The maximum atomic E-state index is 10.0. The van der Waals surface area contributed by atoms with E-state index < -0.39 is 0 Å². The summed E-state index contributed by atoms with van der Waals surface area (Å²) in [6.07, 6.45) is 0.756. The van der Waals surface area contributed by atoms with E-state index in [0.29, 0.717) is 5.92 Å². The van der Waals surface area contributed by atoms with E-state index in [-0.39, 0.29) is 12.0 Å². The number of hydrogen-bond acceptors (Lipinski definition) is 1. The standard InChI is InChI=1S/C13H20O/c1-4-12(13(14)10(2)3)11-8-6-5-7-9-11/h5-10,12-14H,4H2,1-3H3. The van der Waals surface area contributed by atoms with Gasteiger partial charge in [-0.2, -0.15) is 0 Å². The lowest BCUT2D eigenvalue weighted by molar-refractivity contribution is 0.0943. The Hall–Kier alpha value is -0.820. The van der Waals surface area contributed by atoms with E-state index in [1.54, 1.807) is 0 Å². The minimum absolute atomic E-state index is 0.234. The van der Waals surface area contributed by atoms with Crippen molar-refractivity contribution >= 4 is 0 Å². The SMILES string of the molecule is CCC(c1ccccc1)C(O)C(C)C. The summed E-state index contributed by atoms with van der Waals surface area (Å²) in [6.45, 7) is 6.26. The van der Waals surface area contributed by atoms with Crippen molar-refractivity contribution in [2.24, 2.45) is 5.92 Å². The summed E-state index contributed by atoms with van der Waals surface area (Å²) >= 11 is 0. The maximum Gasteiger partial charge on any atom is 0.0631 e. The van der Waals surface area contributed by atoms with Crippen molar-refractivity contribution in [1.29, 1.82) is 0 Å². The van der Waals surface area contributed by atoms with Crippen LogP contribution in [0.1, 0.15) is 38.7 Å². The van der Waals surface area contributed by atoms with Crippen LogP contribution >= 0.6 is 0 Å². The molecule has 78 valence electrons. The van der Waals surface area contributed by atoms with Crippen LogP contribution in [0.5, 0.6) is 0 Å². The molecule has 1 aromatic rings. The molecule has 1 nitrogen and oxygen atoms in total. The predicted molar refractivity (Wildman–Crippen MR) is 60.3 cm³/mol. The van der Waals surface area contributed by atoms with Gasteiger partial charge in [0.05, 0.1) is 6.10 Å². The number of benzene rings is 1. The van der Waals surface area contributed by atoms with Crippen LogP contribution in [0.3, 0.4) is 0 Å². The second-order valence-corrected chi connectivity index (χ2v) is 4.16. The van der Waals surface area contributed by atoms with E-state index in [1.807, 2.05) is 18.2 Å². The minimum atomic E-state index is -0.234. The lowest BCUT2D eigenvalue weighted by Gasteiger charge is -2.25. The third-order valence-corrected chi connectivity index (χ3v) is 2.76. The van der Waals surface area contributed by atoms with E-state index in [1.165, 1.54) is 5.56 Å². The molecule has 0 bridgehead atoms. The van der Waals surface area contributed by atoms with Crippen molar-refractivity contribution in [1.82, 2.24) is 0 Å². The van der Waals surface area contributed by atoms with Crippen LogP contribution < -0.4 is 0 Å². The van der Waals surface area contributed by atoms with E-state index >= 15 is 0 Å². The molecule has 0 amide bonds. The Morgan fingerprint density at radius 2 is 1.71 bits per heavy atom. The van der Waals surface area contributed by atoms with Gasteiger partial charge in [-0.25, -0.2) is 0 Å². The molecule has 0 aliphatic carbocycles. The monoisotopic (exact) mass is 192 g/mol. The highest BCUT2D eigenvalue weighted by Gasteiger charge is 2.21. The van der Waals surface area contributed by atoms with Crippen molar-refractivity contribution in [3.8, 4) is 0 Å². The second-order valence-electron chi connectivity index (χ2n) is 4.16. The van der Waals surface area contributed by atoms with Crippen molar-refractivity contribution < 1.29 is 5.11 Å². The van der Waals surface area contributed by atoms with Gasteiger partial charge in [-0.05, 0) is 17.9 Å². The van der Waals surface area contributed by atoms with Crippen molar-refractivity contribution in [2.75, 3.05) is 0 Å². The predicted octanol–water partition coefficient (Wildman–Crippen LogP) is 3.20. The Balaban J connectivity index is 2.82. The molecule has 14 heavy (non-hydrogen) atoms. The lowest BCUT2D eigenvalue weighted by atomic mass is 9.85. The van der Waals surface area contributed by atoms with E-state index in [0.717, 1.165) is 6.42 Å². The highest BCUT2D eigenvalue weighted by atomic mass is 16.3. The van der Waals surface area contributed by atoms with Gasteiger partial charge in [0.25, 0.3) is 0 Å². The van der Waals surface area contributed by atoms with Gasteiger partial charge in [0.1, 0.15) is 0 Å². The topological polar surface area (TPSA) is 20.2 Å². The zero-order valence-corrected chi connectivity index (χ0v) is 9.27. The van der Waals surface area contributed by atoms with Gasteiger partial charge in [0.2, 0.25) is 0 Å². The first-order valence-electron chi connectivity index (χ1n) is 5.39. The molecule has 1 N–H and O–H groups in total. The van der Waals surface area contributed by atoms with Crippen LogP contribution in [-0.4, -0.2) is 11.2 Å². The van der Waals surface area contributed by atoms with Crippen molar-refractivity contribution in [3.05, 3.63) is 35.9 Å². The first-order valence-corrected chi connectivity index (χ1v) is 5.39. The summed E-state index contributed by atoms with van der Waals surface area (Å²) in [4.78, 5) is 0. The smallest absolute Gasteiger partial charge is 0.0631 e. The Morgan fingerprint density at radius 3 is 2.14 bits per heavy atom. The first-order chi connectivity index (χ1) is 6.66. The summed E-state index contributed by atoms with van der Waals surface area (Å²) < 4.78 is 0. The van der Waals surface area contributed by atoms with Gasteiger partial charge in [-0.1, -0.05) is 51.1 Å². The zero-order chi connectivity index (χ0) is 10.6. The molecular formula is C13H20O. The summed E-state index contributed by atoms with van der Waals surface area (Å²) in [5.41, 5.74) is 1.25. The summed E-state index contributed by atoms with van der Waals surface area (Å²) in [7, 11) is 0. The quantitative estimate of drug-likeness (QED) is 0.776. The Kier molecular flexibility index (Phi) is 4.15. The van der Waals surface area contributed by atoms with Gasteiger partial charge in [-0.3, -0.25) is 0 Å². The molecule has 2 unspecified atom stereocenters. The van der Waals surface area contributed by atoms with Crippen molar-refractivity contribution in [3.63, 3.8) is 0 Å². The Morgan fingerprint density at radius 1 is 1.14 bits per heavy atom. The summed E-state index contributed by atoms with van der Waals surface area (Å²) in [5, 5.41) is 10.0. The van der Waals surface area contributed by atoms with Gasteiger partial charge >= 0.3 is 0 Å². The number of aliphatic hydroxyl groups is 1. The first kappa shape index (κ1) is 11.3. The van der Waals surface area contributed by atoms with Crippen LogP contribution in [0.4, 0.5) is 0 Å². The number of rotatable bonds is 4. The van der Waals surface area contributed by atoms with Gasteiger partial charge in [0, 0.05) is 5.92 Å². The molecule has 0 aliphatic rings. The average Bonchev–Trinajstić information content (AvgIpc) is 2.20. The molecular weight excluding hydrogens is 172 g/mol. The van der Waals surface area contributed by atoms with Crippen molar-refractivity contribution in [2.45, 2.75) is 39.2 Å². The van der Waals surface area contributed by atoms with Crippen LogP contribution in [0.25, 0.3) is 0 Å². The van der Waals surface area contributed by atoms with Crippen LogP contribution in [0.15, 0.2) is 30.3 Å². The third kappa shape index (κ3) is 2.58. The number of aliphatic hydroxyl groups excluding tert-OH is 1. The molecule has 0 heterocycles. The molecule has 0 saturated heterocycles. The maximum absolute atomic E-state index is 10.0. The van der Waals surface area contributed by atoms with Gasteiger partial charge < -0.3 is 5.11 Å². The molecule has 1 aromatic carbocycles. The average molecular weight is 192 g/mol. The molecule has 0 saturated carbocycles. The molecule has 1 heteroatoms.